The van der Waals surface area contributed by atoms with Crippen LogP contribution >= 0.6 is 0 Å². The first kappa shape index (κ1) is 18.5. The van der Waals surface area contributed by atoms with Crippen molar-refractivity contribution in [3.8, 4) is 5.75 Å². The van der Waals surface area contributed by atoms with E-state index >= 15 is 0 Å². The van der Waals surface area contributed by atoms with Gasteiger partial charge in [-0.2, -0.15) is 0 Å². The predicted octanol–water partition coefficient (Wildman–Crippen LogP) is 2.62. The van der Waals surface area contributed by atoms with E-state index in [0.29, 0.717) is 18.5 Å². The molecule has 1 fully saturated rings. The fourth-order valence-corrected chi connectivity index (χ4v) is 3.72. The maximum Gasteiger partial charge on any atom is 0.261 e. The number of hydrogen-bond acceptors (Lipinski definition) is 5. The molecule has 1 saturated heterocycles. The number of hydrogen-bond donors (Lipinski definition) is 0. The molecule has 6 heteroatoms. The van der Waals surface area contributed by atoms with Crippen LogP contribution in [0.3, 0.4) is 0 Å². The Morgan fingerprint density at radius 3 is 2.54 bits per heavy atom. The smallest absolute Gasteiger partial charge is 0.261 e. The molecule has 4 rings (SSSR count). The van der Waals surface area contributed by atoms with Gasteiger partial charge in [-0.3, -0.25) is 14.3 Å². The third-order valence-electron chi connectivity index (χ3n) is 5.27. The number of benzene rings is 2. The summed E-state index contributed by atoms with van der Waals surface area (Å²) in [4.78, 5) is 21.8. The van der Waals surface area contributed by atoms with Crippen LogP contribution in [0.5, 0.6) is 5.75 Å². The molecule has 1 aliphatic rings. The molecule has 6 nitrogen and oxygen atoms in total. The molecule has 0 unspecified atom stereocenters. The van der Waals surface area contributed by atoms with Gasteiger partial charge >= 0.3 is 0 Å². The van der Waals surface area contributed by atoms with Gasteiger partial charge in [-0.15, -0.1) is 0 Å². The Balaban J connectivity index is 1.37. The molecule has 1 aliphatic heterocycles. The zero-order valence-corrected chi connectivity index (χ0v) is 16.3. The van der Waals surface area contributed by atoms with E-state index in [1.54, 1.807) is 10.9 Å². The molecule has 0 bridgehead atoms. The summed E-state index contributed by atoms with van der Waals surface area (Å²) in [5, 5.41) is 0.683. The van der Waals surface area contributed by atoms with Crippen molar-refractivity contribution in [3.05, 3.63) is 65.2 Å². The molecule has 0 N–H and O–H groups in total. The number of rotatable bonds is 6. The number of para-hydroxylation sites is 3. The normalized spacial score (nSPS) is 15.1. The van der Waals surface area contributed by atoms with Gasteiger partial charge < -0.3 is 9.64 Å². The van der Waals surface area contributed by atoms with E-state index in [9.17, 15) is 4.79 Å². The standard InChI is InChI=1S/C22H26N4O2/c1-2-28-21-10-6-5-9-20(21)25-14-11-24(12-15-25)13-16-26-17-23-19-8-4-3-7-18(19)22(26)27/h3-10,17H,2,11-16H2,1H3. The molecule has 2 heterocycles. The predicted molar refractivity (Wildman–Crippen MR) is 112 cm³/mol. The minimum absolute atomic E-state index is 0.0369. The van der Waals surface area contributed by atoms with Crippen molar-refractivity contribution in [2.24, 2.45) is 0 Å². The van der Waals surface area contributed by atoms with E-state index < -0.39 is 0 Å². The third kappa shape index (κ3) is 3.87. The number of ether oxygens (including phenoxy) is 1. The lowest BCUT2D eigenvalue weighted by molar-refractivity contribution is 0.246. The molecule has 0 aliphatic carbocycles. The van der Waals surface area contributed by atoms with Crippen LogP contribution < -0.4 is 15.2 Å². The fraction of sp³-hybridized carbons (Fsp3) is 0.364. The van der Waals surface area contributed by atoms with E-state index in [-0.39, 0.29) is 5.56 Å². The fourth-order valence-electron chi connectivity index (χ4n) is 3.72. The first-order valence-corrected chi connectivity index (χ1v) is 9.89. The van der Waals surface area contributed by atoms with Crippen molar-refractivity contribution in [3.63, 3.8) is 0 Å². The van der Waals surface area contributed by atoms with Gasteiger partial charge in [0.05, 0.1) is 29.5 Å². The molecule has 146 valence electrons. The minimum Gasteiger partial charge on any atom is -0.492 e. The topological polar surface area (TPSA) is 50.6 Å². The van der Waals surface area contributed by atoms with Crippen molar-refractivity contribution in [1.29, 1.82) is 0 Å². The first-order chi connectivity index (χ1) is 13.8. The number of anilines is 1. The van der Waals surface area contributed by atoms with E-state index in [4.69, 9.17) is 4.74 Å². The lowest BCUT2D eigenvalue weighted by Gasteiger charge is -2.36. The number of fused-ring (bicyclic) bond motifs is 1. The molecule has 1 aromatic heterocycles. The number of piperazine rings is 1. The van der Waals surface area contributed by atoms with Crippen molar-refractivity contribution in [2.45, 2.75) is 13.5 Å². The third-order valence-corrected chi connectivity index (χ3v) is 5.27. The van der Waals surface area contributed by atoms with Crippen LogP contribution in [0.1, 0.15) is 6.92 Å². The second kappa shape index (κ2) is 8.44. The maximum absolute atomic E-state index is 12.6. The lowest BCUT2D eigenvalue weighted by Crippen LogP contribution is -2.47. The minimum atomic E-state index is 0.0369. The van der Waals surface area contributed by atoms with Gasteiger partial charge in [-0.05, 0) is 31.2 Å². The molecule has 0 spiro atoms. The van der Waals surface area contributed by atoms with Gasteiger partial charge in [0.2, 0.25) is 0 Å². The highest BCUT2D eigenvalue weighted by atomic mass is 16.5. The highest BCUT2D eigenvalue weighted by Crippen LogP contribution is 2.28. The molecule has 3 aromatic rings. The van der Waals surface area contributed by atoms with Gasteiger partial charge in [0.1, 0.15) is 5.75 Å². The highest BCUT2D eigenvalue weighted by Gasteiger charge is 2.19. The summed E-state index contributed by atoms with van der Waals surface area (Å²) < 4.78 is 7.49. The maximum atomic E-state index is 12.6. The monoisotopic (exact) mass is 378 g/mol. The van der Waals surface area contributed by atoms with Crippen LogP contribution in [0.25, 0.3) is 10.9 Å². The largest absolute Gasteiger partial charge is 0.492 e. The highest BCUT2D eigenvalue weighted by molar-refractivity contribution is 5.76. The summed E-state index contributed by atoms with van der Waals surface area (Å²) in [6, 6.07) is 15.7. The zero-order valence-electron chi connectivity index (χ0n) is 16.3. The SMILES string of the molecule is CCOc1ccccc1N1CCN(CCn2cnc3ccccc3c2=O)CC1. The van der Waals surface area contributed by atoms with Gasteiger partial charge in [0.15, 0.2) is 0 Å². The van der Waals surface area contributed by atoms with Gasteiger partial charge in [0.25, 0.3) is 5.56 Å². The van der Waals surface area contributed by atoms with E-state index in [2.05, 4.69) is 26.9 Å². The molecule has 0 atom stereocenters. The van der Waals surface area contributed by atoms with Crippen LogP contribution in [0.2, 0.25) is 0 Å². The Morgan fingerprint density at radius 2 is 1.71 bits per heavy atom. The summed E-state index contributed by atoms with van der Waals surface area (Å²) >= 11 is 0. The Hall–Kier alpha value is -2.86. The summed E-state index contributed by atoms with van der Waals surface area (Å²) in [6.45, 7) is 8.03. The second-order valence-corrected chi connectivity index (χ2v) is 6.99. The lowest BCUT2D eigenvalue weighted by atomic mass is 10.2. The van der Waals surface area contributed by atoms with Crippen LogP contribution in [-0.2, 0) is 6.54 Å². The van der Waals surface area contributed by atoms with Gasteiger partial charge in [-0.1, -0.05) is 24.3 Å². The Morgan fingerprint density at radius 1 is 0.964 bits per heavy atom. The van der Waals surface area contributed by atoms with E-state index in [1.165, 1.54) is 5.69 Å². The first-order valence-electron chi connectivity index (χ1n) is 9.89. The van der Waals surface area contributed by atoms with Crippen molar-refractivity contribution in [1.82, 2.24) is 14.5 Å². The number of nitrogens with zero attached hydrogens (tertiary/aromatic N) is 4. The van der Waals surface area contributed by atoms with Crippen LogP contribution in [0.15, 0.2) is 59.7 Å². The quantitative estimate of drug-likeness (QED) is 0.660. The molecule has 0 saturated carbocycles. The van der Waals surface area contributed by atoms with E-state index in [1.807, 2.05) is 43.3 Å². The molecular weight excluding hydrogens is 352 g/mol. The summed E-state index contributed by atoms with van der Waals surface area (Å²) in [5.41, 5.74) is 1.96. The molecular formula is C22H26N4O2. The molecule has 2 aromatic carbocycles. The number of aromatic nitrogens is 2. The van der Waals surface area contributed by atoms with Crippen LogP contribution in [0.4, 0.5) is 5.69 Å². The Kier molecular flexibility index (Phi) is 5.58. The van der Waals surface area contributed by atoms with Gasteiger partial charge in [0, 0.05) is 39.3 Å². The zero-order chi connectivity index (χ0) is 19.3. The Bertz CT molecular complexity index is 993. The van der Waals surface area contributed by atoms with Crippen LogP contribution in [-0.4, -0.2) is 53.8 Å². The molecule has 28 heavy (non-hydrogen) atoms. The average Bonchev–Trinajstić information content (AvgIpc) is 2.75. The van der Waals surface area contributed by atoms with Crippen LogP contribution in [0, 0.1) is 0 Å². The summed E-state index contributed by atoms with van der Waals surface area (Å²) in [7, 11) is 0. The molecule has 0 amide bonds. The van der Waals surface area contributed by atoms with Gasteiger partial charge in [-0.25, -0.2) is 4.98 Å². The Labute approximate surface area is 165 Å². The van der Waals surface area contributed by atoms with Crippen molar-refractivity contribution >= 4 is 16.6 Å². The average molecular weight is 378 g/mol. The summed E-state index contributed by atoms with van der Waals surface area (Å²) in [6.07, 6.45) is 1.67. The van der Waals surface area contributed by atoms with Crippen molar-refractivity contribution in [2.75, 3.05) is 44.2 Å². The van der Waals surface area contributed by atoms with Crippen molar-refractivity contribution < 1.29 is 4.74 Å². The summed E-state index contributed by atoms with van der Waals surface area (Å²) in [5.74, 6) is 0.951. The second-order valence-electron chi connectivity index (χ2n) is 6.99. The molecule has 0 radical (unpaired) electrons. The van der Waals surface area contributed by atoms with E-state index in [0.717, 1.165) is 44.0 Å².